The van der Waals surface area contributed by atoms with Gasteiger partial charge in [-0.3, -0.25) is 0 Å². The summed E-state index contributed by atoms with van der Waals surface area (Å²) in [6.07, 6.45) is -0.475. The third-order valence-corrected chi connectivity index (χ3v) is 0.547. The van der Waals surface area contributed by atoms with Gasteiger partial charge in [0.1, 0.15) is 0 Å². The van der Waals surface area contributed by atoms with Gasteiger partial charge >= 0.3 is 29.6 Å². The number of aliphatic hydroxyl groups excluding tert-OH is 1. The van der Waals surface area contributed by atoms with Gasteiger partial charge in [0, 0.05) is 0 Å². The molecule has 0 aliphatic rings. The van der Waals surface area contributed by atoms with Crippen LogP contribution in [0.2, 0.25) is 0 Å². The maximum absolute atomic E-state index is 8.17. The number of rotatable bonds is 1. The van der Waals surface area contributed by atoms with Crippen LogP contribution in [0.4, 0.5) is 0 Å². The van der Waals surface area contributed by atoms with Gasteiger partial charge in [0.2, 0.25) is 0 Å². The maximum atomic E-state index is 8.17. The number of aliphatic hydroxyl groups is 1. The number of hydrogen-bond acceptors (Lipinski definition) is 1. The van der Waals surface area contributed by atoms with Crippen LogP contribution in [0, 0.1) is 5.88 Å². The normalized spacial score (nSPS) is 12.5. The Kier molecular flexibility index (Phi) is 10.7. The smallest absolute Gasteiger partial charge is 0.424 e. The van der Waals surface area contributed by atoms with Gasteiger partial charge in [-0.2, -0.15) is 0 Å². The topological polar surface area (TPSA) is 20.2 Å². The van der Waals surface area contributed by atoms with Crippen LogP contribution in [0.3, 0.4) is 0 Å². The van der Waals surface area contributed by atoms with E-state index in [2.05, 4.69) is 0 Å². The van der Waals surface area contributed by atoms with E-state index in [1.54, 1.807) is 6.92 Å². The summed E-state index contributed by atoms with van der Waals surface area (Å²) in [6, 6.07) is 0. The molecule has 1 N–H and O–H groups in total. The predicted molar refractivity (Wildman–Crippen MR) is 21.8 cm³/mol. The summed E-state index contributed by atoms with van der Waals surface area (Å²) in [5.74, 6) is 1.19. The van der Waals surface area contributed by atoms with Gasteiger partial charge in [-0.05, 0) is 0 Å². The van der Waals surface area contributed by atoms with Crippen molar-refractivity contribution >= 4 is 11.6 Å². The molecule has 0 aromatic rings. The zero-order valence-corrected chi connectivity index (χ0v) is 6.74. The summed E-state index contributed by atoms with van der Waals surface area (Å²) in [6.45, 7) is 1.59. The van der Waals surface area contributed by atoms with Gasteiger partial charge in [0.25, 0.3) is 0 Å². The van der Waals surface area contributed by atoms with E-state index in [1.807, 2.05) is 0 Å². The minimum Gasteiger partial charge on any atom is -0.424 e. The average molecular weight is 117 g/mol. The summed E-state index contributed by atoms with van der Waals surface area (Å²) >= 11 is 4.96. The molecule has 0 aromatic heterocycles. The average Bonchev–Trinajstić information content (AvgIpc) is 1.38. The second kappa shape index (κ2) is 6.25. The van der Waals surface area contributed by atoms with E-state index in [1.165, 1.54) is 5.88 Å². The van der Waals surface area contributed by atoms with Crippen molar-refractivity contribution in [1.29, 1.82) is 0 Å². The van der Waals surface area contributed by atoms with Crippen molar-refractivity contribution in [3.63, 3.8) is 0 Å². The molecule has 1 nitrogen and oxygen atoms in total. The molecule has 1 atom stereocenters. The first-order valence-electron chi connectivity index (χ1n) is 1.39. The number of halogens is 1. The molecule has 3 heteroatoms. The Morgan fingerprint density at radius 3 is 2.00 bits per heavy atom. The van der Waals surface area contributed by atoms with Crippen LogP contribution < -0.4 is 29.6 Å². The minimum absolute atomic E-state index is 0. The van der Waals surface area contributed by atoms with Gasteiger partial charge in [-0.15, -0.1) is 0 Å². The van der Waals surface area contributed by atoms with Crippen LogP contribution >= 0.6 is 11.6 Å². The van der Waals surface area contributed by atoms with E-state index >= 15 is 0 Å². The largest absolute Gasteiger partial charge is 1.00 e. The summed E-state index contributed by atoms with van der Waals surface area (Å²) in [7, 11) is 0. The molecule has 0 rings (SSSR count). The van der Waals surface area contributed by atoms with E-state index in [9.17, 15) is 0 Å². The zero-order chi connectivity index (χ0) is 4.28. The van der Waals surface area contributed by atoms with E-state index in [0.717, 1.165) is 0 Å². The fourth-order valence-electron chi connectivity index (χ4n) is 0. The van der Waals surface area contributed by atoms with Gasteiger partial charge in [0.15, 0.2) is 0 Å². The molecular weight excluding hydrogens is 110 g/mol. The fourth-order valence-corrected chi connectivity index (χ4v) is 0. The molecule has 0 aliphatic carbocycles. The molecule has 32 valence electrons. The maximum Gasteiger partial charge on any atom is 1.00 e. The standard InChI is InChI=1S/C3H6ClO.Na/c1-3(5)2-4;/h2-3,5H,1H3;/q-1;+1. The summed E-state index contributed by atoms with van der Waals surface area (Å²) in [4.78, 5) is 0. The van der Waals surface area contributed by atoms with Crippen LogP contribution in [0.1, 0.15) is 6.92 Å². The Balaban J connectivity index is 0. The summed E-state index contributed by atoms with van der Waals surface area (Å²) < 4.78 is 0. The molecule has 0 heterocycles. The molecule has 0 fully saturated rings. The summed E-state index contributed by atoms with van der Waals surface area (Å²) in [5, 5.41) is 8.17. The van der Waals surface area contributed by atoms with Crippen molar-refractivity contribution < 1.29 is 34.7 Å². The van der Waals surface area contributed by atoms with E-state index in [0.29, 0.717) is 0 Å². The molecule has 0 spiro atoms. The number of hydrogen-bond donors (Lipinski definition) is 1. The molecule has 0 saturated heterocycles. The van der Waals surface area contributed by atoms with E-state index in [-0.39, 0.29) is 29.6 Å². The van der Waals surface area contributed by atoms with Gasteiger partial charge < -0.3 is 16.7 Å². The molecule has 0 radical (unpaired) electrons. The zero-order valence-electron chi connectivity index (χ0n) is 3.98. The Morgan fingerprint density at radius 1 is 1.83 bits per heavy atom. The third kappa shape index (κ3) is 8.98. The van der Waals surface area contributed by atoms with Crippen molar-refractivity contribution in [3.05, 3.63) is 5.88 Å². The quantitative estimate of drug-likeness (QED) is 0.304. The molecule has 0 aromatic carbocycles. The Hall–Kier alpha value is 1.25. The molecule has 0 aliphatic heterocycles. The fraction of sp³-hybridized carbons (Fsp3) is 0.667. The van der Waals surface area contributed by atoms with Crippen LogP contribution in [-0.4, -0.2) is 11.2 Å². The van der Waals surface area contributed by atoms with Crippen molar-refractivity contribution in [2.24, 2.45) is 0 Å². The van der Waals surface area contributed by atoms with Crippen LogP contribution in [0.15, 0.2) is 0 Å². The second-order valence-corrected chi connectivity index (χ2v) is 1.12. The van der Waals surface area contributed by atoms with Crippen LogP contribution in [0.5, 0.6) is 0 Å². The van der Waals surface area contributed by atoms with E-state index in [4.69, 9.17) is 16.7 Å². The minimum atomic E-state index is -0.475. The predicted octanol–water partition coefficient (Wildman–Crippen LogP) is -2.23. The van der Waals surface area contributed by atoms with Gasteiger partial charge in [-0.25, -0.2) is 5.88 Å². The van der Waals surface area contributed by atoms with Crippen molar-refractivity contribution in [3.8, 4) is 0 Å². The van der Waals surface area contributed by atoms with Gasteiger partial charge in [-0.1, -0.05) is 13.0 Å². The first-order valence-corrected chi connectivity index (χ1v) is 1.82. The third-order valence-electron chi connectivity index (χ3n) is 0.182. The summed E-state index contributed by atoms with van der Waals surface area (Å²) in [5.41, 5.74) is 0. The molecule has 0 amide bonds. The van der Waals surface area contributed by atoms with Crippen LogP contribution in [0.25, 0.3) is 0 Å². The Morgan fingerprint density at radius 2 is 2.00 bits per heavy atom. The molecular formula is C3H6ClNaO. The van der Waals surface area contributed by atoms with Crippen molar-refractivity contribution in [2.45, 2.75) is 13.0 Å². The van der Waals surface area contributed by atoms with Crippen molar-refractivity contribution in [2.75, 3.05) is 0 Å². The molecule has 6 heavy (non-hydrogen) atoms. The SMILES string of the molecule is CC(O)[CH-]Cl.[Na+]. The second-order valence-electron chi connectivity index (χ2n) is 0.867. The van der Waals surface area contributed by atoms with Crippen molar-refractivity contribution in [1.82, 2.24) is 0 Å². The molecule has 0 bridgehead atoms. The van der Waals surface area contributed by atoms with E-state index < -0.39 is 6.10 Å². The van der Waals surface area contributed by atoms with Crippen LogP contribution in [-0.2, 0) is 0 Å². The monoisotopic (exact) mass is 116 g/mol. The Bertz CT molecular complexity index is 24.8. The first kappa shape index (κ1) is 10.3. The molecule has 0 saturated carbocycles. The molecule has 1 unspecified atom stereocenters. The Labute approximate surface area is 65.0 Å². The first-order chi connectivity index (χ1) is 2.27. The van der Waals surface area contributed by atoms with Gasteiger partial charge in [0.05, 0.1) is 0 Å².